The van der Waals surface area contributed by atoms with Gasteiger partial charge < -0.3 is 15.4 Å². The number of hydrogen-bond acceptors (Lipinski definition) is 7. The highest BCUT2D eigenvalue weighted by Crippen LogP contribution is 2.28. The molecule has 1 aromatic heterocycles. The van der Waals surface area contributed by atoms with Crippen LogP contribution in [0.1, 0.15) is 42.9 Å². The van der Waals surface area contributed by atoms with E-state index in [1.807, 2.05) is 69.3 Å². The first-order chi connectivity index (χ1) is 21.3. The summed E-state index contributed by atoms with van der Waals surface area (Å²) in [7, 11) is 0. The van der Waals surface area contributed by atoms with Crippen LogP contribution >= 0.6 is 11.8 Å². The molecule has 9 nitrogen and oxygen atoms in total. The van der Waals surface area contributed by atoms with Crippen LogP contribution in [-0.2, 0) is 9.59 Å². The molecule has 1 unspecified atom stereocenters. The van der Waals surface area contributed by atoms with Crippen LogP contribution in [0.25, 0.3) is 16.9 Å². The zero-order chi connectivity index (χ0) is 31.1. The monoisotopic (exact) mass is 612 g/mol. The molecule has 0 spiro atoms. The van der Waals surface area contributed by atoms with Crippen molar-refractivity contribution < 1.29 is 18.7 Å². The summed E-state index contributed by atoms with van der Waals surface area (Å²) in [6.07, 6.45) is 5.06. The number of amidine groups is 1. The summed E-state index contributed by atoms with van der Waals surface area (Å²) >= 11 is 1.14. The molecule has 11 heteroatoms. The smallest absolute Gasteiger partial charge is 0.240 e. The summed E-state index contributed by atoms with van der Waals surface area (Å²) < 4.78 is 22.2. The largest absolute Gasteiger partial charge is 0.491 e. The minimum Gasteiger partial charge on any atom is -0.491 e. The highest BCUT2D eigenvalue weighted by Gasteiger charge is 2.32. The Hall–Kier alpha value is -4.77. The van der Waals surface area contributed by atoms with Gasteiger partial charge in [0.25, 0.3) is 0 Å². The number of carbonyl (C=O) groups is 2. The Morgan fingerprint density at radius 2 is 1.98 bits per heavy atom. The van der Waals surface area contributed by atoms with Gasteiger partial charge in [-0.3, -0.25) is 9.59 Å². The van der Waals surface area contributed by atoms with Gasteiger partial charge in [0.1, 0.15) is 10.9 Å². The van der Waals surface area contributed by atoms with Crippen molar-refractivity contribution in [3.8, 4) is 22.7 Å². The van der Waals surface area contributed by atoms with E-state index in [1.54, 1.807) is 23.0 Å². The lowest BCUT2D eigenvalue weighted by atomic mass is 10.1. The average Bonchev–Trinajstić information content (AvgIpc) is 3.59. The number of thioether (sulfide) groups is 1. The molecule has 226 valence electrons. The van der Waals surface area contributed by atoms with E-state index < -0.39 is 11.1 Å². The maximum absolute atomic E-state index is 14.9. The number of aromatic nitrogens is 2. The second kappa shape index (κ2) is 14.1. The summed E-state index contributed by atoms with van der Waals surface area (Å²) in [4.78, 5) is 25.2. The molecule has 1 fully saturated rings. The van der Waals surface area contributed by atoms with Gasteiger partial charge >= 0.3 is 0 Å². The number of carbonyl (C=O) groups excluding carboxylic acids is 2. The van der Waals surface area contributed by atoms with Gasteiger partial charge in [0.2, 0.25) is 11.8 Å². The number of anilines is 1. The van der Waals surface area contributed by atoms with Crippen molar-refractivity contribution in [3.63, 3.8) is 0 Å². The number of aryl methyl sites for hydroxylation is 2. The van der Waals surface area contributed by atoms with E-state index in [4.69, 9.17) is 9.84 Å². The van der Waals surface area contributed by atoms with Gasteiger partial charge in [0.15, 0.2) is 16.7 Å². The summed E-state index contributed by atoms with van der Waals surface area (Å²) in [6, 6.07) is 20.0. The number of ether oxygens (including phenoxy) is 1. The number of rotatable bonds is 11. The van der Waals surface area contributed by atoms with Crippen LogP contribution in [0, 0.1) is 19.7 Å². The Balaban J connectivity index is 1.31. The molecular weight excluding hydrogens is 579 g/mol. The van der Waals surface area contributed by atoms with Crippen molar-refractivity contribution in [1.29, 1.82) is 0 Å². The Kier molecular flexibility index (Phi) is 9.86. The van der Waals surface area contributed by atoms with E-state index in [-0.39, 0.29) is 29.2 Å². The van der Waals surface area contributed by atoms with Crippen molar-refractivity contribution in [1.82, 2.24) is 15.1 Å². The number of benzene rings is 3. The van der Waals surface area contributed by atoms with Crippen LogP contribution in [0.5, 0.6) is 5.75 Å². The minimum atomic E-state index is -0.632. The molecule has 4 aromatic rings. The van der Waals surface area contributed by atoms with Gasteiger partial charge in [-0.25, -0.2) is 9.07 Å². The number of nitrogens with one attached hydrogen (secondary N) is 2. The number of halogens is 1. The van der Waals surface area contributed by atoms with Crippen molar-refractivity contribution in [2.75, 3.05) is 11.9 Å². The van der Waals surface area contributed by atoms with E-state index in [0.29, 0.717) is 29.1 Å². The number of amides is 2. The molecule has 2 heterocycles. The van der Waals surface area contributed by atoms with Crippen LogP contribution in [0.15, 0.2) is 83.1 Å². The van der Waals surface area contributed by atoms with Gasteiger partial charge in [-0.05, 0) is 62.2 Å². The number of hydrogen-bond donors (Lipinski definition) is 2. The first kappa shape index (κ1) is 30.7. The average molecular weight is 613 g/mol. The van der Waals surface area contributed by atoms with E-state index in [0.717, 1.165) is 41.4 Å². The van der Waals surface area contributed by atoms with Crippen LogP contribution in [0.4, 0.5) is 10.1 Å². The van der Waals surface area contributed by atoms with Gasteiger partial charge in [0.05, 0.1) is 18.5 Å². The summed E-state index contributed by atoms with van der Waals surface area (Å²) in [6.45, 7) is 6.40. The van der Waals surface area contributed by atoms with Crippen molar-refractivity contribution in [2.24, 2.45) is 10.2 Å². The highest BCUT2D eigenvalue weighted by molar-refractivity contribution is 8.15. The second-order valence-electron chi connectivity index (χ2n) is 10.4. The Morgan fingerprint density at radius 1 is 1.16 bits per heavy atom. The Labute approximate surface area is 259 Å². The highest BCUT2D eigenvalue weighted by atomic mass is 32.2. The van der Waals surface area contributed by atoms with Crippen molar-refractivity contribution >= 4 is 40.6 Å². The zero-order valence-corrected chi connectivity index (χ0v) is 25.5. The third-order valence-corrected chi connectivity index (χ3v) is 7.94. The summed E-state index contributed by atoms with van der Waals surface area (Å²) in [5, 5.41) is 18.3. The molecule has 0 radical (unpaired) electrons. The van der Waals surface area contributed by atoms with Crippen LogP contribution in [-0.4, -0.2) is 44.8 Å². The maximum Gasteiger partial charge on any atom is 0.240 e. The van der Waals surface area contributed by atoms with E-state index >= 15 is 0 Å². The fourth-order valence-corrected chi connectivity index (χ4v) is 5.49. The maximum atomic E-state index is 14.9. The molecule has 2 amide bonds. The summed E-state index contributed by atoms with van der Waals surface area (Å²) in [5.41, 5.74) is 5.23. The van der Waals surface area contributed by atoms with Crippen molar-refractivity contribution in [2.45, 2.75) is 45.3 Å². The predicted octanol–water partition coefficient (Wildman–Crippen LogP) is 6.42. The van der Waals surface area contributed by atoms with E-state index in [9.17, 15) is 14.0 Å². The molecule has 1 aliphatic rings. The third kappa shape index (κ3) is 7.59. The lowest BCUT2D eigenvalue weighted by molar-refractivity contribution is -0.122. The molecule has 44 heavy (non-hydrogen) atoms. The minimum absolute atomic E-state index is 0.00966. The molecule has 1 aliphatic heterocycles. The molecule has 0 aliphatic carbocycles. The predicted molar refractivity (Wildman–Crippen MR) is 173 cm³/mol. The lowest BCUT2D eigenvalue weighted by Gasteiger charge is -2.10. The van der Waals surface area contributed by atoms with Crippen LogP contribution in [0.2, 0.25) is 0 Å². The molecule has 1 atom stereocenters. The number of para-hydroxylation sites is 1. The molecule has 0 bridgehead atoms. The number of unbranched alkanes of at least 4 members (excludes halogenated alkanes) is 1. The van der Waals surface area contributed by atoms with Gasteiger partial charge in [-0.2, -0.15) is 10.2 Å². The SMILES string of the molecule is CCCCOc1ccc(-c2nn(-c3ccccc3)cc2C=NN=C2NC(=O)C(CC(=O)Nc3ccc(C)cc3C)S2)cc1F. The molecular formula is C33H33FN6O3S. The topological polar surface area (TPSA) is 110 Å². The van der Waals surface area contributed by atoms with E-state index in [2.05, 4.69) is 20.8 Å². The third-order valence-electron chi connectivity index (χ3n) is 6.87. The molecule has 1 saturated heterocycles. The van der Waals surface area contributed by atoms with Gasteiger partial charge in [-0.15, -0.1) is 5.10 Å². The Bertz CT molecular complexity index is 1720. The van der Waals surface area contributed by atoms with Crippen molar-refractivity contribution in [3.05, 3.63) is 95.4 Å². The van der Waals surface area contributed by atoms with E-state index in [1.165, 1.54) is 12.3 Å². The second-order valence-corrected chi connectivity index (χ2v) is 11.6. The van der Waals surface area contributed by atoms with Crippen LogP contribution in [0.3, 0.4) is 0 Å². The first-order valence-corrected chi connectivity index (χ1v) is 15.2. The summed E-state index contributed by atoms with van der Waals surface area (Å²) in [5.74, 6) is -0.860. The number of nitrogens with zero attached hydrogens (tertiary/aromatic N) is 4. The Morgan fingerprint density at radius 3 is 2.73 bits per heavy atom. The molecule has 5 rings (SSSR count). The standard InChI is InChI=1S/C33H33FN6O3S/c1-4-5-15-43-28-14-12-23(17-26(28)34)31-24(20-40(39-31)25-9-7-6-8-10-25)19-35-38-33-37-32(42)29(44-33)18-30(41)36-27-13-11-21(2)16-22(27)3/h6-14,16-17,19-20,29H,4-5,15,18H2,1-3H3,(H,36,41)(H,37,38,42). The van der Waals surface area contributed by atoms with Gasteiger partial charge in [-0.1, -0.05) is 61.0 Å². The fourth-order valence-electron chi connectivity index (χ4n) is 4.56. The van der Waals surface area contributed by atoms with Crippen LogP contribution < -0.4 is 15.4 Å². The fraction of sp³-hybridized carbons (Fsp3) is 0.242. The lowest BCUT2D eigenvalue weighted by Crippen LogP contribution is -2.28. The first-order valence-electron chi connectivity index (χ1n) is 14.3. The zero-order valence-electron chi connectivity index (χ0n) is 24.7. The molecule has 2 N–H and O–H groups in total. The normalized spacial score (nSPS) is 15.6. The molecule has 3 aromatic carbocycles. The van der Waals surface area contributed by atoms with Gasteiger partial charge in [0, 0.05) is 29.4 Å². The quantitative estimate of drug-likeness (QED) is 0.115. The molecule has 0 saturated carbocycles.